The van der Waals surface area contributed by atoms with E-state index in [9.17, 15) is 9.59 Å². The van der Waals surface area contributed by atoms with Gasteiger partial charge in [0.15, 0.2) is 16.6 Å². The minimum absolute atomic E-state index is 0.0497. The number of hydrogen-bond donors (Lipinski definition) is 0. The van der Waals surface area contributed by atoms with Gasteiger partial charge in [0.1, 0.15) is 0 Å². The second kappa shape index (κ2) is 13.4. The molecule has 2 rings (SSSR count). The number of carbonyl (C=O) groups excluding carboxylic acids is 2. The number of carbonyl (C=O) groups is 2. The van der Waals surface area contributed by atoms with E-state index in [1.807, 2.05) is 36.4 Å². The van der Waals surface area contributed by atoms with E-state index in [-0.39, 0.29) is 24.3 Å². The molecule has 7 heteroatoms. The van der Waals surface area contributed by atoms with Crippen molar-refractivity contribution in [3.63, 3.8) is 0 Å². The van der Waals surface area contributed by atoms with E-state index in [0.717, 1.165) is 12.8 Å². The van der Waals surface area contributed by atoms with Gasteiger partial charge in [0.05, 0.1) is 13.2 Å². The molecule has 0 aromatic heterocycles. The lowest BCUT2D eigenvalue weighted by Gasteiger charge is -2.42. The van der Waals surface area contributed by atoms with Crippen LogP contribution >= 0.6 is 0 Å². The number of ether oxygens (including phenoxy) is 2. The molecule has 0 fully saturated rings. The summed E-state index contributed by atoms with van der Waals surface area (Å²) in [7, 11) is -4.77. The molecule has 0 aliphatic heterocycles. The Hall–Kier alpha value is -2.75. The van der Waals surface area contributed by atoms with Gasteiger partial charge in [0.25, 0.3) is 0 Å². The van der Waals surface area contributed by atoms with Gasteiger partial charge in [-0.25, -0.2) is 9.59 Å². The molecule has 0 radical (unpaired) electrons. The van der Waals surface area contributed by atoms with E-state index in [1.165, 1.54) is 23.3 Å². The number of hydrogen-bond acceptors (Lipinski definition) is 5. The lowest BCUT2D eigenvalue weighted by atomic mass is 10.1. The Bertz CT molecular complexity index is 894. The molecule has 2 aromatic rings. The lowest BCUT2D eigenvalue weighted by Crippen LogP contribution is -2.52. The standard InChI is InChI=1S/C28H38O5Si2/c1-7-27(29)31-21-25(19-23-15-11-9-12-16-23)34(3,4)33-35(5,6)26(22-32-28(30)8-2)20-24-17-13-10-14-18-24/h7-18,25-26H,1-2,19-22H2,3-6H3. The van der Waals surface area contributed by atoms with E-state index in [1.54, 1.807) is 0 Å². The summed E-state index contributed by atoms with van der Waals surface area (Å²) in [6.07, 6.45) is 3.89. The molecule has 5 nitrogen and oxygen atoms in total. The fourth-order valence-electron chi connectivity index (χ4n) is 4.14. The van der Waals surface area contributed by atoms with Crippen molar-refractivity contribution in [2.24, 2.45) is 0 Å². The zero-order chi connectivity index (χ0) is 25.9. The van der Waals surface area contributed by atoms with Crippen molar-refractivity contribution in [3.8, 4) is 0 Å². The Morgan fingerprint density at radius 2 is 1.06 bits per heavy atom. The zero-order valence-electron chi connectivity index (χ0n) is 21.4. The Morgan fingerprint density at radius 3 is 1.37 bits per heavy atom. The van der Waals surface area contributed by atoms with E-state index in [4.69, 9.17) is 13.6 Å². The third-order valence-corrected chi connectivity index (χ3v) is 15.2. The maximum atomic E-state index is 11.9. The normalized spacial score (nSPS) is 13.4. The summed E-state index contributed by atoms with van der Waals surface area (Å²) in [6.45, 7) is 16.3. The molecule has 0 spiro atoms. The summed E-state index contributed by atoms with van der Waals surface area (Å²) in [4.78, 5) is 23.7. The molecule has 0 aliphatic carbocycles. The van der Waals surface area contributed by atoms with Crippen LogP contribution in [0.15, 0.2) is 86.0 Å². The summed E-state index contributed by atoms with van der Waals surface area (Å²) in [6, 6.07) is 20.4. The third kappa shape index (κ3) is 9.43. The average Bonchev–Trinajstić information content (AvgIpc) is 2.84. The van der Waals surface area contributed by atoms with Crippen molar-refractivity contribution in [1.82, 2.24) is 0 Å². The van der Waals surface area contributed by atoms with Gasteiger partial charge in [0.2, 0.25) is 0 Å². The largest absolute Gasteiger partial charge is 0.462 e. The van der Waals surface area contributed by atoms with Crippen molar-refractivity contribution in [3.05, 3.63) is 97.1 Å². The summed E-state index contributed by atoms with van der Waals surface area (Å²) in [5, 5.41) is 0. The van der Waals surface area contributed by atoms with Gasteiger partial charge in [0, 0.05) is 23.2 Å². The fourth-order valence-corrected chi connectivity index (χ4v) is 13.3. The van der Waals surface area contributed by atoms with Crippen molar-refractivity contribution >= 4 is 28.6 Å². The van der Waals surface area contributed by atoms with E-state index in [0.29, 0.717) is 0 Å². The highest BCUT2D eigenvalue weighted by molar-refractivity contribution is 6.86. The first-order valence-corrected chi connectivity index (χ1v) is 17.9. The van der Waals surface area contributed by atoms with Crippen LogP contribution in [0.1, 0.15) is 11.1 Å². The fraction of sp³-hybridized carbons (Fsp3) is 0.357. The highest BCUT2D eigenvalue weighted by Gasteiger charge is 2.44. The number of esters is 2. The average molecular weight is 511 g/mol. The van der Waals surface area contributed by atoms with Gasteiger partial charge < -0.3 is 13.6 Å². The SMILES string of the molecule is C=CC(=O)OCC(Cc1ccccc1)[Si](C)(C)O[Si](C)(C)C(COC(=O)C=C)Cc1ccccc1. The molecule has 0 saturated carbocycles. The minimum atomic E-state index is -2.39. The molecule has 188 valence electrons. The third-order valence-electron chi connectivity index (χ3n) is 6.33. The van der Waals surface area contributed by atoms with Crippen LogP contribution in [0.2, 0.25) is 37.3 Å². The van der Waals surface area contributed by atoms with Gasteiger partial charge in [-0.3, -0.25) is 0 Å². The highest BCUT2D eigenvalue weighted by Crippen LogP contribution is 2.36. The monoisotopic (exact) mass is 510 g/mol. The Kier molecular flexibility index (Phi) is 10.9. The van der Waals surface area contributed by atoms with Crippen LogP contribution in [0.5, 0.6) is 0 Å². The quantitative estimate of drug-likeness (QED) is 0.175. The molecule has 0 N–H and O–H groups in total. The predicted molar refractivity (Wildman–Crippen MR) is 146 cm³/mol. The molecule has 0 bridgehead atoms. The molecule has 0 amide bonds. The molecule has 2 aromatic carbocycles. The topological polar surface area (TPSA) is 61.8 Å². The van der Waals surface area contributed by atoms with Crippen molar-refractivity contribution in [2.75, 3.05) is 13.2 Å². The van der Waals surface area contributed by atoms with E-state index >= 15 is 0 Å². The maximum Gasteiger partial charge on any atom is 0.330 e. The van der Waals surface area contributed by atoms with Crippen LogP contribution in [0.25, 0.3) is 0 Å². The first-order valence-electron chi connectivity index (χ1n) is 11.9. The Balaban J connectivity index is 2.28. The predicted octanol–water partition coefficient (Wildman–Crippen LogP) is 6.10. The van der Waals surface area contributed by atoms with Gasteiger partial charge in [-0.05, 0) is 50.2 Å². The zero-order valence-corrected chi connectivity index (χ0v) is 23.4. The Morgan fingerprint density at radius 1 is 0.714 bits per heavy atom. The summed E-state index contributed by atoms with van der Waals surface area (Å²) < 4.78 is 18.1. The van der Waals surface area contributed by atoms with Crippen LogP contribution in [-0.4, -0.2) is 41.8 Å². The molecule has 2 atom stereocenters. The molecule has 35 heavy (non-hydrogen) atoms. The van der Waals surface area contributed by atoms with E-state index < -0.39 is 28.6 Å². The maximum absolute atomic E-state index is 11.9. The summed E-state index contributed by atoms with van der Waals surface area (Å²) in [5.74, 6) is -0.856. The van der Waals surface area contributed by atoms with Crippen LogP contribution in [0.4, 0.5) is 0 Å². The van der Waals surface area contributed by atoms with Crippen molar-refractivity contribution < 1.29 is 23.2 Å². The second-order valence-corrected chi connectivity index (χ2v) is 18.6. The van der Waals surface area contributed by atoms with Crippen LogP contribution in [0, 0.1) is 0 Å². The number of benzene rings is 2. The van der Waals surface area contributed by atoms with Crippen LogP contribution in [0.3, 0.4) is 0 Å². The van der Waals surface area contributed by atoms with Crippen molar-refractivity contribution in [1.29, 1.82) is 0 Å². The molecule has 0 aliphatic rings. The van der Waals surface area contributed by atoms with E-state index in [2.05, 4.69) is 63.6 Å². The van der Waals surface area contributed by atoms with Gasteiger partial charge in [-0.15, -0.1) is 0 Å². The van der Waals surface area contributed by atoms with Crippen LogP contribution in [-0.2, 0) is 36.0 Å². The second-order valence-electron chi connectivity index (χ2n) is 9.75. The molecule has 2 unspecified atom stereocenters. The number of rotatable bonds is 14. The van der Waals surface area contributed by atoms with Gasteiger partial charge in [-0.1, -0.05) is 73.8 Å². The first kappa shape index (κ1) is 28.5. The van der Waals surface area contributed by atoms with Gasteiger partial charge >= 0.3 is 11.9 Å². The van der Waals surface area contributed by atoms with Crippen molar-refractivity contribution in [2.45, 2.75) is 50.1 Å². The molecular weight excluding hydrogens is 472 g/mol. The van der Waals surface area contributed by atoms with Crippen LogP contribution < -0.4 is 0 Å². The highest BCUT2D eigenvalue weighted by atomic mass is 28.4. The summed E-state index contributed by atoms with van der Waals surface area (Å²) >= 11 is 0. The molecular formula is C28H38O5Si2. The molecule has 0 heterocycles. The lowest BCUT2D eigenvalue weighted by molar-refractivity contribution is -0.138. The van der Waals surface area contributed by atoms with Gasteiger partial charge in [-0.2, -0.15) is 0 Å². The molecule has 0 saturated heterocycles. The smallest absolute Gasteiger partial charge is 0.330 e. The Labute approximate surface area is 212 Å². The summed E-state index contributed by atoms with van der Waals surface area (Å²) in [5.41, 5.74) is 2.45. The first-order chi connectivity index (χ1) is 16.6. The minimum Gasteiger partial charge on any atom is -0.462 e.